The third-order valence-corrected chi connectivity index (χ3v) is 4.03. The lowest BCUT2D eigenvalue weighted by Crippen LogP contribution is -2.48. The predicted octanol–water partition coefficient (Wildman–Crippen LogP) is 2.39. The molecule has 138 valence electrons. The lowest BCUT2D eigenvalue weighted by Gasteiger charge is -2.28. The third kappa shape index (κ3) is 3.80. The molecule has 0 radical (unpaired) electrons. The molecule has 3 N–H and O–H groups in total. The van der Waals surface area contributed by atoms with Crippen molar-refractivity contribution in [2.75, 3.05) is 13.2 Å². The van der Waals surface area contributed by atoms with E-state index in [-0.39, 0.29) is 19.2 Å². The number of carbonyl (C=O) groups excluding carboxylic acids is 2. The van der Waals surface area contributed by atoms with E-state index in [2.05, 4.69) is 16.0 Å². The number of esters is 1. The van der Waals surface area contributed by atoms with Gasteiger partial charge >= 0.3 is 12.0 Å². The second-order valence-electron chi connectivity index (χ2n) is 5.78. The third-order valence-electron chi connectivity index (χ3n) is 4.03. The van der Waals surface area contributed by atoms with Gasteiger partial charge in [0.1, 0.15) is 17.6 Å². The largest absolute Gasteiger partial charge is 0.468 e. The number of hydrogen-bond donors (Lipinski definition) is 3. The molecule has 0 unspecified atom stereocenters. The van der Waals surface area contributed by atoms with Crippen LogP contribution in [0.3, 0.4) is 0 Å². The van der Waals surface area contributed by atoms with Crippen molar-refractivity contribution >= 4 is 12.0 Å². The average Bonchev–Trinajstić information content (AvgIpc) is 3.32. The fraction of sp³-hybridized carbons (Fsp3) is 0.333. The molecule has 0 fully saturated rings. The summed E-state index contributed by atoms with van der Waals surface area (Å²) < 4.78 is 15.9. The molecule has 8 nitrogen and oxygen atoms in total. The number of urea groups is 1. The Hall–Kier alpha value is -3.00. The summed E-state index contributed by atoms with van der Waals surface area (Å²) in [6.45, 7) is 4.13. The first-order chi connectivity index (χ1) is 12.6. The van der Waals surface area contributed by atoms with Crippen molar-refractivity contribution in [1.82, 2.24) is 16.0 Å². The summed E-state index contributed by atoms with van der Waals surface area (Å²) in [5, 5.41) is 8.63. The molecule has 0 saturated heterocycles. The van der Waals surface area contributed by atoms with E-state index in [4.69, 9.17) is 13.6 Å². The first-order valence-corrected chi connectivity index (χ1v) is 8.38. The van der Waals surface area contributed by atoms with Crippen LogP contribution in [0.25, 0.3) is 0 Å². The van der Waals surface area contributed by atoms with Crippen molar-refractivity contribution < 1.29 is 23.2 Å². The number of nitrogens with one attached hydrogen (secondary N) is 3. The maximum atomic E-state index is 12.5. The van der Waals surface area contributed by atoms with Gasteiger partial charge in [0.05, 0.1) is 30.7 Å². The summed E-state index contributed by atoms with van der Waals surface area (Å²) in [5.41, 5.74) is 0.743. The Morgan fingerprint density at radius 3 is 2.73 bits per heavy atom. The Morgan fingerprint density at radius 1 is 1.31 bits per heavy atom. The van der Waals surface area contributed by atoms with E-state index < -0.39 is 18.0 Å². The topological polar surface area (TPSA) is 106 Å². The highest BCUT2D eigenvalue weighted by molar-refractivity contribution is 5.95. The Morgan fingerprint density at radius 2 is 2.08 bits per heavy atom. The number of ether oxygens (including phenoxy) is 1. The van der Waals surface area contributed by atoms with E-state index in [1.165, 1.54) is 6.26 Å². The lowest BCUT2D eigenvalue weighted by molar-refractivity contribution is -0.139. The number of rotatable bonds is 7. The van der Waals surface area contributed by atoms with Gasteiger partial charge in [0, 0.05) is 12.2 Å². The maximum absolute atomic E-state index is 12.5. The summed E-state index contributed by atoms with van der Waals surface area (Å²) in [6.07, 6.45) is 3.08. The van der Waals surface area contributed by atoms with E-state index in [0.717, 1.165) is 5.76 Å². The molecule has 0 bridgehead atoms. The van der Waals surface area contributed by atoms with Gasteiger partial charge in [-0.1, -0.05) is 0 Å². The predicted molar refractivity (Wildman–Crippen MR) is 91.9 cm³/mol. The molecule has 1 aliphatic rings. The van der Waals surface area contributed by atoms with E-state index in [1.54, 1.807) is 31.4 Å². The van der Waals surface area contributed by atoms with Crippen molar-refractivity contribution in [2.45, 2.75) is 25.9 Å². The molecule has 0 saturated carbocycles. The van der Waals surface area contributed by atoms with Crippen molar-refractivity contribution in [1.29, 1.82) is 0 Å². The minimum absolute atomic E-state index is 0.102. The van der Waals surface area contributed by atoms with Crippen LogP contribution < -0.4 is 16.0 Å². The molecule has 0 aromatic carbocycles. The van der Waals surface area contributed by atoms with E-state index in [0.29, 0.717) is 17.0 Å². The summed E-state index contributed by atoms with van der Waals surface area (Å²) in [4.78, 5) is 24.6. The van der Waals surface area contributed by atoms with Crippen LogP contribution >= 0.6 is 0 Å². The van der Waals surface area contributed by atoms with Gasteiger partial charge < -0.3 is 29.5 Å². The minimum Gasteiger partial charge on any atom is -0.468 e. The lowest BCUT2D eigenvalue weighted by atomic mass is 10.00. The summed E-state index contributed by atoms with van der Waals surface area (Å²) in [6, 6.07) is 5.82. The Bertz CT molecular complexity index is 780. The van der Waals surface area contributed by atoms with Gasteiger partial charge in [-0.05, 0) is 38.1 Å². The molecule has 2 aromatic heterocycles. The number of hydrogen-bond acceptors (Lipinski definition) is 6. The Kier molecular flexibility index (Phi) is 5.43. The molecule has 0 spiro atoms. The zero-order valence-electron chi connectivity index (χ0n) is 14.6. The monoisotopic (exact) mass is 359 g/mol. The molecule has 2 atom stereocenters. The second-order valence-corrected chi connectivity index (χ2v) is 5.78. The van der Waals surface area contributed by atoms with Gasteiger partial charge in [-0.25, -0.2) is 9.59 Å². The number of furan rings is 2. The highest BCUT2D eigenvalue weighted by atomic mass is 16.5. The van der Waals surface area contributed by atoms with Crippen LogP contribution in [0.5, 0.6) is 0 Å². The van der Waals surface area contributed by atoms with Crippen LogP contribution in [0, 0.1) is 0 Å². The molecular weight excluding hydrogens is 338 g/mol. The van der Waals surface area contributed by atoms with E-state index >= 15 is 0 Å². The zero-order valence-corrected chi connectivity index (χ0v) is 14.6. The Balaban J connectivity index is 1.88. The first-order valence-electron chi connectivity index (χ1n) is 8.38. The zero-order chi connectivity index (χ0) is 18.5. The number of carbonyl (C=O) groups is 2. The van der Waals surface area contributed by atoms with Gasteiger partial charge in [-0.3, -0.25) is 0 Å². The van der Waals surface area contributed by atoms with Gasteiger partial charge in [0.25, 0.3) is 0 Å². The number of amides is 2. The van der Waals surface area contributed by atoms with E-state index in [9.17, 15) is 9.59 Å². The molecule has 1 aliphatic heterocycles. The summed E-state index contributed by atoms with van der Waals surface area (Å²) >= 11 is 0. The minimum atomic E-state index is -0.714. The van der Waals surface area contributed by atoms with Crippen molar-refractivity contribution in [3.63, 3.8) is 0 Å². The molecule has 2 amide bonds. The van der Waals surface area contributed by atoms with Gasteiger partial charge in [-0.15, -0.1) is 0 Å². The molecule has 2 aromatic rings. The molecule has 3 heterocycles. The van der Waals surface area contributed by atoms with Crippen LogP contribution in [0.2, 0.25) is 0 Å². The summed E-state index contributed by atoms with van der Waals surface area (Å²) in [5.74, 6) is 0.703. The van der Waals surface area contributed by atoms with Crippen molar-refractivity contribution in [3.8, 4) is 0 Å². The quantitative estimate of drug-likeness (QED) is 0.656. The molecular formula is C18H21N3O5. The van der Waals surface area contributed by atoms with Gasteiger partial charge in [0.2, 0.25) is 0 Å². The standard InChI is InChI=1S/C18H21N3O5/c1-3-24-17(22)15-12(10-19-11(2)13-6-4-8-25-13)20-18(23)21-16(15)14-7-5-9-26-14/h4-9,11,16,19H,3,10H2,1-2H3,(H2,20,21,23)/t11-,16-/m1/s1. The van der Waals surface area contributed by atoms with Crippen LogP contribution in [0.15, 0.2) is 56.9 Å². The fourth-order valence-electron chi connectivity index (χ4n) is 2.77. The highest BCUT2D eigenvalue weighted by Gasteiger charge is 2.35. The molecule has 3 rings (SSSR count). The van der Waals surface area contributed by atoms with Crippen LogP contribution in [0.4, 0.5) is 4.79 Å². The average molecular weight is 359 g/mol. The van der Waals surface area contributed by atoms with Crippen LogP contribution in [-0.2, 0) is 9.53 Å². The SMILES string of the molecule is CCOC(=O)C1=C(CN[C@H](C)c2ccco2)NC(=O)N[C@@H]1c1ccco1. The normalized spacial score (nSPS) is 18.2. The Labute approximate surface area is 150 Å². The van der Waals surface area contributed by atoms with Crippen molar-refractivity contribution in [3.05, 3.63) is 59.6 Å². The highest BCUT2D eigenvalue weighted by Crippen LogP contribution is 2.28. The smallest absolute Gasteiger partial charge is 0.338 e. The van der Waals surface area contributed by atoms with Crippen LogP contribution in [0.1, 0.15) is 37.5 Å². The summed E-state index contributed by atoms with van der Waals surface area (Å²) in [7, 11) is 0. The van der Waals surface area contributed by atoms with Crippen LogP contribution in [-0.4, -0.2) is 25.2 Å². The molecule has 26 heavy (non-hydrogen) atoms. The molecule has 0 aliphatic carbocycles. The first kappa shape index (κ1) is 17.8. The maximum Gasteiger partial charge on any atom is 0.338 e. The second kappa shape index (κ2) is 7.92. The van der Waals surface area contributed by atoms with E-state index in [1.807, 2.05) is 13.0 Å². The van der Waals surface area contributed by atoms with Gasteiger partial charge in [0.15, 0.2) is 0 Å². The molecule has 8 heteroatoms. The van der Waals surface area contributed by atoms with Gasteiger partial charge in [-0.2, -0.15) is 0 Å². The fourth-order valence-corrected chi connectivity index (χ4v) is 2.77. The van der Waals surface area contributed by atoms with Crippen molar-refractivity contribution in [2.24, 2.45) is 0 Å².